The molecule has 2 aromatic carbocycles. The summed E-state index contributed by atoms with van der Waals surface area (Å²) in [5.41, 5.74) is 2.70. The average Bonchev–Trinajstić information content (AvgIpc) is 3.23. The van der Waals surface area contributed by atoms with Crippen molar-refractivity contribution in [2.75, 3.05) is 35.4 Å². The smallest absolute Gasteiger partial charge is 0.261 e. The van der Waals surface area contributed by atoms with Gasteiger partial charge < -0.3 is 14.5 Å². The molecule has 4 rings (SSSR count). The Morgan fingerprint density at radius 2 is 1.62 bits per heavy atom. The van der Waals surface area contributed by atoms with E-state index in [9.17, 15) is 14.4 Å². The monoisotopic (exact) mass is 433 g/mol. The summed E-state index contributed by atoms with van der Waals surface area (Å²) >= 11 is 0. The number of carbonyl (C=O) groups excluding carboxylic acids is 3. The summed E-state index contributed by atoms with van der Waals surface area (Å²) in [7, 11) is 8.14. The quantitative estimate of drug-likeness (QED) is 0.338. The minimum Gasteiger partial charge on any atom is -0.497 e. The van der Waals surface area contributed by atoms with E-state index in [1.54, 1.807) is 42.5 Å². The fraction of sp³-hybridized carbons (Fsp3) is 0.208. The van der Waals surface area contributed by atoms with Gasteiger partial charge in [0.1, 0.15) is 12.9 Å². The third kappa shape index (κ3) is 3.20. The zero-order valence-corrected chi connectivity index (χ0v) is 18.5. The lowest BCUT2D eigenvalue weighted by atomic mass is 9.99. The Morgan fingerprint density at radius 3 is 2.19 bits per heavy atom. The minimum absolute atomic E-state index is 0.254. The maximum absolute atomic E-state index is 13.4. The Kier molecular flexibility index (Phi) is 5.22. The van der Waals surface area contributed by atoms with Gasteiger partial charge in [-0.1, -0.05) is 0 Å². The predicted molar refractivity (Wildman–Crippen MR) is 120 cm³/mol. The number of hydrogen-bond donors (Lipinski definition) is 0. The standard InChI is InChI=1S/C24H23N3O5/c1-25(2)11-10-20(28)21-18-12-16-17(24(30)26(3)23(16)29)13-19(18)27(32-5)22(21)14-6-8-15(31-4)9-7-14/h6-13H,1-5H3/b11-10+. The molecule has 1 aliphatic heterocycles. The number of imide groups is 1. The van der Waals surface area contributed by atoms with Crippen molar-refractivity contribution >= 4 is 28.5 Å². The van der Waals surface area contributed by atoms with Gasteiger partial charge in [0.05, 0.1) is 35.0 Å². The SMILES string of the molecule is COc1ccc(-c2c(C(=O)/C=C/N(C)C)c3cc4c(cc3n2OC)C(=O)N(C)C4=O)cc1. The molecule has 0 saturated carbocycles. The Labute approximate surface area is 185 Å². The van der Waals surface area contributed by atoms with E-state index in [4.69, 9.17) is 9.57 Å². The lowest BCUT2D eigenvalue weighted by Crippen LogP contribution is -2.24. The highest BCUT2D eigenvalue weighted by molar-refractivity contribution is 6.25. The van der Waals surface area contributed by atoms with Crippen LogP contribution in [0.5, 0.6) is 5.75 Å². The van der Waals surface area contributed by atoms with Gasteiger partial charge in [-0.2, -0.15) is 4.73 Å². The van der Waals surface area contributed by atoms with Crippen LogP contribution >= 0.6 is 0 Å². The van der Waals surface area contributed by atoms with E-state index in [2.05, 4.69) is 0 Å². The summed E-state index contributed by atoms with van der Waals surface area (Å²) in [6.07, 6.45) is 3.13. The number of amides is 2. The summed E-state index contributed by atoms with van der Waals surface area (Å²) in [4.78, 5) is 47.0. The molecule has 3 aromatic rings. The molecule has 2 heterocycles. The van der Waals surface area contributed by atoms with Crippen LogP contribution in [0.1, 0.15) is 31.1 Å². The summed E-state index contributed by atoms with van der Waals surface area (Å²) in [5.74, 6) is -0.366. The molecular weight excluding hydrogens is 410 g/mol. The maximum atomic E-state index is 13.4. The molecule has 0 atom stereocenters. The van der Waals surface area contributed by atoms with Crippen LogP contribution in [0.25, 0.3) is 22.2 Å². The van der Waals surface area contributed by atoms with Crippen molar-refractivity contribution in [3.63, 3.8) is 0 Å². The van der Waals surface area contributed by atoms with Gasteiger partial charge in [0.25, 0.3) is 11.8 Å². The second kappa shape index (κ2) is 7.88. The average molecular weight is 433 g/mol. The van der Waals surface area contributed by atoms with Crippen LogP contribution in [0.4, 0.5) is 0 Å². The first-order valence-electron chi connectivity index (χ1n) is 9.91. The van der Waals surface area contributed by atoms with E-state index in [-0.39, 0.29) is 22.8 Å². The molecule has 32 heavy (non-hydrogen) atoms. The number of rotatable bonds is 6. The fourth-order valence-electron chi connectivity index (χ4n) is 3.86. The second-order valence-electron chi connectivity index (χ2n) is 7.66. The van der Waals surface area contributed by atoms with E-state index < -0.39 is 5.91 Å². The predicted octanol–water partition coefficient (Wildman–Crippen LogP) is 2.86. The van der Waals surface area contributed by atoms with Crippen molar-refractivity contribution in [3.05, 3.63) is 65.4 Å². The molecule has 0 radical (unpaired) electrons. The Balaban J connectivity index is 2.06. The number of hydrogen-bond acceptors (Lipinski definition) is 6. The second-order valence-corrected chi connectivity index (χ2v) is 7.66. The van der Waals surface area contributed by atoms with Crippen molar-refractivity contribution in [1.82, 2.24) is 14.5 Å². The van der Waals surface area contributed by atoms with E-state index >= 15 is 0 Å². The van der Waals surface area contributed by atoms with Gasteiger partial charge >= 0.3 is 0 Å². The highest BCUT2D eigenvalue weighted by Gasteiger charge is 2.35. The number of ether oxygens (including phenoxy) is 1. The molecule has 1 aliphatic rings. The highest BCUT2D eigenvalue weighted by Crippen LogP contribution is 2.37. The molecule has 0 saturated heterocycles. The largest absolute Gasteiger partial charge is 0.497 e. The molecule has 164 valence electrons. The molecule has 0 aliphatic carbocycles. The van der Waals surface area contributed by atoms with Crippen LogP contribution < -0.4 is 9.57 Å². The van der Waals surface area contributed by atoms with E-state index in [1.165, 1.54) is 25.0 Å². The van der Waals surface area contributed by atoms with Gasteiger partial charge in [-0.3, -0.25) is 19.3 Å². The Morgan fingerprint density at radius 1 is 1.00 bits per heavy atom. The zero-order chi connectivity index (χ0) is 23.2. The summed E-state index contributed by atoms with van der Waals surface area (Å²) in [6, 6.07) is 10.4. The third-order valence-electron chi connectivity index (χ3n) is 5.45. The van der Waals surface area contributed by atoms with Crippen molar-refractivity contribution in [3.8, 4) is 17.0 Å². The maximum Gasteiger partial charge on any atom is 0.261 e. The molecule has 8 heteroatoms. The first kappa shape index (κ1) is 21.2. The molecular formula is C24H23N3O5. The number of benzene rings is 2. The number of nitrogens with zero attached hydrogens (tertiary/aromatic N) is 3. The Hall–Kier alpha value is -4.07. The van der Waals surface area contributed by atoms with Crippen molar-refractivity contribution < 1.29 is 24.0 Å². The van der Waals surface area contributed by atoms with Crippen LogP contribution in [0, 0.1) is 0 Å². The summed E-state index contributed by atoms with van der Waals surface area (Å²) in [6.45, 7) is 0. The molecule has 0 bridgehead atoms. The molecule has 0 N–H and O–H groups in total. The first-order chi connectivity index (χ1) is 15.3. The van der Waals surface area contributed by atoms with E-state index in [0.29, 0.717) is 27.9 Å². The van der Waals surface area contributed by atoms with Gasteiger partial charge in [0.15, 0.2) is 5.78 Å². The van der Waals surface area contributed by atoms with Crippen LogP contribution in [-0.2, 0) is 0 Å². The molecule has 2 amide bonds. The molecule has 1 aromatic heterocycles. The van der Waals surface area contributed by atoms with Crippen molar-refractivity contribution in [2.24, 2.45) is 0 Å². The number of aromatic nitrogens is 1. The van der Waals surface area contributed by atoms with Gasteiger partial charge in [-0.25, -0.2) is 0 Å². The number of allylic oxidation sites excluding steroid dienone is 1. The van der Waals surface area contributed by atoms with Gasteiger partial charge in [0.2, 0.25) is 0 Å². The first-order valence-corrected chi connectivity index (χ1v) is 9.91. The van der Waals surface area contributed by atoms with Crippen LogP contribution in [0.3, 0.4) is 0 Å². The summed E-state index contributed by atoms with van der Waals surface area (Å²) in [5, 5.41) is 0.529. The number of ketones is 1. The van der Waals surface area contributed by atoms with Crippen LogP contribution in [0.15, 0.2) is 48.7 Å². The molecule has 0 spiro atoms. The third-order valence-corrected chi connectivity index (χ3v) is 5.45. The number of carbonyl (C=O) groups is 3. The summed E-state index contributed by atoms with van der Waals surface area (Å²) < 4.78 is 6.77. The van der Waals surface area contributed by atoms with Gasteiger partial charge in [-0.05, 0) is 36.4 Å². The number of methoxy groups -OCH3 is 1. The molecule has 0 fully saturated rings. The van der Waals surface area contributed by atoms with Gasteiger partial charge in [0, 0.05) is 44.4 Å². The van der Waals surface area contributed by atoms with Gasteiger partial charge in [-0.15, -0.1) is 0 Å². The van der Waals surface area contributed by atoms with Crippen molar-refractivity contribution in [2.45, 2.75) is 0 Å². The fourth-order valence-corrected chi connectivity index (χ4v) is 3.86. The molecule has 8 nitrogen and oxygen atoms in total. The lowest BCUT2D eigenvalue weighted by molar-refractivity contribution is 0.0692. The normalized spacial score (nSPS) is 13.2. The Bertz CT molecular complexity index is 1290. The van der Waals surface area contributed by atoms with E-state index in [0.717, 1.165) is 10.5 Å². The van der Waals surface area contributed by atoms with Crippen LogP contribution in [0.2, 0.25) is 0 Å². The molecule has 0 unspecified atom stereocenters. The van der Waals surface area contributed by atoms with Crippen molar-refractivity contribution in [1.29, 1.82) is 0 Å². The topological polar surface area (TPSA) is 81.1 Å². The zero-order valence-electron chi connectivity index (χ0n) is 18.5. The lowest BCUT2D eigenvalue weighted by Gasteiger charge is -2.11. The number of fused-ring (bicyclic) bond motifs is 2. The van der Waals surface area contributed by atoms with Crippen LogP contribution in [-0.4, -0.2) is 67.5 Å². The van der Waals surface area contributed by atoms with E-state index in [1.807, 2.05) is 26.2 Å². The minimum atomic E-state index is -0.398. The highest BCUT2D eigenvalue weighted by atomic mass is 16.6.